The molecule has 8 aliphatic rings. The molecule has 2 unspecified atom stereocenters. The number of fused-ring (bicyclic) bond motifs is 8. The van der Waals surface area contributed by atoms with E-state index in [4.69, 9.17) is 17.0 Å². The molecule has 14 atom stereocenters. The normalized spacial score (nSPS) is 40.3. The first-order valence-corrected chi connectivity index (χ1v) is 28.7. The van der Waals surface area contributed by atoms with Crippen molar-refractivity contribution in [3.63, 3.8) is 0 Å². The molecule has 4 saturated carbocycles. The van der Waals surface area contributed by atoms with Crippen LogP contribution < -0.4 is 0 Å². The molecular weight excluding hydrogens is 868 g/mol. The molecular formula is C64H104B2NO4-. The number of aromatic nitrogens is 1. The second-order valence-corrected chi connectivity index (χ2v) is 28.4. The lowest BCUT2D eigenvalue weighted by molar-refractivity contribution is -0.105. The number of ether oxygens (including phenoxy) is 1. The van der Waals surface area contributed by atoms with E-state index in [9.17, 15) is 9.90 Å². The fourth-order valence-corrected chi connectivity index (χ4v) is 19.6. The largest absolute Gasteiger partial charge is 0.456 e. The number of allylic oxidation sites excluding steroid dienone is 8. The maximum Gasteiger partial charge on any atom is 0.377 e. The molecule has 9 rings (SSSR count). The Morgan fingerprint density at radius 1 is 0.662 bits per heavy atom. The Kier molecular flexibility index (Phi) is 16.5. The Morgan fingerprint density at radius 3 is 1.55 bits per heavy atom. The van der Waals surface area contributed by atoms with Crippen LogP contribution in [0.25, 0.3) is 0 Å². The van der Waals surface area contributed by atoms with Gasteiger partial charge in [-0.3, -0.25) is 0 Å². The van der Waals surface area contributed by atoms with Gasteiger partial charge in [-0.05, 0) is 230 Å². The van der Waals surface area contributed by atoms with Crippen molar-refractivity contribution in [2.45, 2.75) is 251 Å². The number of rotatable bonds is 10. The molecule has 0 amide bonds. The lowest BCUT2D eigenvalue weighted by atomic mass is 9.43. The minimum atomic E-state index is -0.378. The quantitative estimate of drug-likeness (QED) is 0.144. The van der Waals surface area contributed by atoms with Gasteiger partial charge in [0.25, 0.3) is 0 Å². The third kappa shape index (κ3) is 9.37. The van der Waals surface area contributed by atoms with Gasteiger partial charge in [0.1, 0.15) is 6.10 Å². The standard InChI is InChI=1S/C34H51NO3.C30H50O.B2H3/c1-22(2)10-9-11-23(3)24-14-19-34(8)26-12-13-28-31(4,5)29(37-30(36)27-17-21-35-38-27)16-18-32(28,6)25(26)15-20-33(24,34)7;1-20(2)10-9-11-21(3)22-14-18-30(8)24-12-13-25-27(4,5)26(31)16-17-28(25,6)23(24)15-19-29(22,30)7;1-2/h10,17,21,23-24,28-29H,9,11-16,18-20H2,1-8H3;10,21-22,25-26,31H,9,11-19H2,1-8H3;1H3/q;;-1/t23-,24-,28?,29+,32-,33-,34+;21-,22-,25?,26+,28-,29-,30+;/m11./s1. The van der Waals surface area contributed by atoms with Gasteiger partial charge in [0, 0.05) is 11.5 Å². The molecule has 0 saturated heterocycles. The molecule has 8 aliphatic carbocycles. The molecule has 1 heterocycles. The van der Waals surface area contributed by atoms with E-state index in [0.717, 1.165) is 42.9 Å². The molecule has 4 fully saturated rings. The van der Waals surface area contributed by atoms with Gasteiger partial charge < -0.3 is 14.4 Å². The number of carbonyl (C=O) groups excluding carboxylic acids is 1. The van der Waals surface area contributed by atoms with Crippen molar-refractivity contribution in [2.75, 3.05) is 0 Å². The summed E-state index contributed by atoms with van der Waals surface area (Å²) in [7, 11) is 5.00. The number of carbonyl (C=O) groups is 1. The van der Waals surface area contributed by atoms with E-state index in [0.29, 0.717) is 38.9 Å². The van der Waals surface area contributed by atoms with Gasteiger partial charge in [-0.2, -0.15) is 7.74 Å². The van der Waals surface area contributed by atoms with E-state index in [1.54, 1.807) is 11.6 Å². The van der Waals surface area contributed by atoms with Crippen LogP contribution in [0.3, 0.4) is 0 Å². The van der Waals surface area contributed by atoms with Crippen LogP contribution in [0.1, 0.15) is 250 Å². The first-order valence-electron chi connectivity index (χ1n) is 28.7. The summed E-state index contributed by atoms with van der Waals surface area (Å²) in [5, 5.41) is 14.5. The van der Waals surface area contributed by atoms with Crippen molar-refractivity contribution in [1.82, 2.24) is 5.16 Å². The molecule has 7 heteroatoms. The third-order valence-corrected chi connectivity index (χ3v) is 24.2. The zero-order valence-electron chi connectivity index (χ0n) is 47.8. The van der Waals surface area contributed by atoms with Gasteiger partial charge >= 0.3 is 5.97 Å². The second-order valence-electron chi connectivity index (χ2n) is 28.4. The SMILES string of the molecule is CC(C)=CCC[C@@H](C)[C@H]1CC[C@@]2(C)C3=C(CC[C@]12C)[C@@]1(C)CC[C@H](O)C(C)(C)C1CC3.CC(C)=CCC[C@@H](C)[C@H]1CC[C@@]2(C)C3=C(CC[C@]12C)[C@@]1(C)CC[C@H](OC(=O)c2ccno2)C(C)(C)C1CC3.[B][BH3-]. The topological polar surface area (TPSA) is 72.6 Å². The predicted molar refractivity (Wildman–Crippen MR) is 301 cm³/mol. The van der Waals surface area contributed by atoms with Gasteiger partial charge in [-0.25, -0.2) is 4.79 Å². The van der Waals surface area contributed by atoms with Gasteiger partial charge in [0.15, 0.2) is 0 Å². The molecule has 1 N–H and O–H groups in total. The molecule has 1 aromatic heterocycles. The Labute approximate surface area is 437 Å². The van der Waals surface area contributed by atoms with Crippen LogP contribution in [0.5, 0.6) is 0 Å². The predicted octanol–water partition coefficient (Wildman–Crippen LogP) is 16.2. The smallest absolute Gasteiger partial charge is 0.377 e. The van der Waals surface area contributed by atoms with Crippen LogP contribution in [0.2, 0.25) is 0 Å². The number of hydrogen-bond acceptors (Lipinski definition) is 5. The average Bonchev–Trinajstić information content (AvgIpc) is 4.02. The second kappa shape index (κ2) is 20.7. The third-order valence-electron chi connectivity index (χ3n) is 24.2. The lowest BCUT2D eigenvalue weighted by Gasteiger charge is -2.62. The molecule has 0 aliphatic heterocycles. The zero-order valence-corrected chi connectivity index (χ0v) is 47.8. The van der Waals surface area contributed by atoms with Crippen molar-refractivity contribution in [3.05, 3.63) is 63.6 Å². The van der Waals surface area contributed by atoms with E-state index in [2.05, 4.69) is 128 Å². The van der Waals surface area contributed by atoms with Gasteiger partial charge in [-0.15, -0.1) is 0 Å². The number of aliphatic hydroxyl groups is 1. The number of aliphatic hydroxyl groups excluding tert-OH is 1. The first-order chi connectivity index (χ1) is 33.2. The minimum Gasteiger partial charge on any atom is -0.456 e. The summed E-state index contributed by atoms with van der Waals surface area (Å²) in [5.74, 6) is 4.26. The fourth-order valence-electron chi connectivity index (χ4n) is 19.6. The van der Waals surface area contributed by atoms with Gasteiger partial charge in [0.2, 0.25) is 5.76 Å². The minimum absolute atomic E-state index is 0.0465. The number of esters is 1. The number of nitrogens with zero attached hydrogens (tertiary/aromatic N) is 1. The van der Waals surface area contributed by atoms with E-state index in [-0.39, 0.29) is 47.9 Å². The highest BCUT2D eigenvalue weighted by Crippen LogP contribution is 2.74. The molecule has 0 bridgehead atoms. The van der Waals surface area contributed by atoms with E-state index < -0.39 is 0 Å². The number of hydrogen-bond donors (Lipinski definition) is 1. The van der Waals surface area contributed by atoms with Gasteiger partial charge in [-0.1, -0.05) is 142 Å². The molecule has 1 aromatic rings. The Hall–Kier alpha value is -2.27. The Balaban J connectivity index is 0.000000206. The highest BCUT2D eigenvalue weighted by molar-refractivity contribution is 6.75. The summed E-state index contributed by atoms with van der Waals surface area (Å²) in [5.41, 5.74) is 12.3. The molecule has 0 aromatic carbocycles. The molecule has 2 radical (unpaired) electrons. The maximum absolute atomic E-state index is 12.7. The summed E-state index contributed by atoms with van der Waals surface area (Å²) in [6, 6.07) is 1.59. The zero-order chi connectivity index (χ0) is 52.3. The summed E-state index contributed by atoms with van der Waals surface area (Å²) in [6.07, 6.45) is 31.3. The van der Waals surface area contributed by atoms with Crippen molar-refractivity contribution in [2.24, 2.45) is 78.8 Å². The van der Waals surface area contributed by atoms with Crippen molar-refractivity contribution >= 4 is 21.4 Å². The highest BCUT2D eigenvalue weighted by Gasteiger charge is 2.65. The first kappa shape index (κ1) is 56.5. The van der Waals surface area contributed by atoms with Crippen molar-refractivity contribution in [1.29, 1.82) is 0 Å². The van der Waals surface area contributed by atoms with Crippen LogP contribution in [0.15, 0.2) is 62.4 Å². The maximum atomic E-state index is 12.7. The average molecular weight is 973 g/mol. The van der Waals surface area contributed by atoms with E-state index >= 15 is 0 Å². The monoisotopic (exact) mass is 973 g/mol. The molecule has 396 valence electrons. The van der Waals surface area contributed by atoms with Gasteiger partial charge in [0.05, 0.1) is 12.3 Å². The lowest BCUT2D eigenvalue weighted by Crippen LogP contribution is -2.55. The van der Waals surface area contributed by atoms with Crippen LogP contribution in [0.4, 0.5) is 0 Å². The van der Waals surface area contributed by atoms with Crippen LogP contribution in [-0.4, -0.2) is 43.9 Å². The molecule has 71 heavy (non-hydrogen) atoms. The van der Waals surface area contributed by atoms with E-state index in [1.165, 1.54) is 126 Å². The van der Waals surface area contributed by atoms with Crippen LogP contribution in [0, 0.1) is 78.8 Å². The molecule has 0 spiro atoms. The molecule has 5 nitrogen and oxygen atoms in total. The van der Waals surface area contributed by atoms with Crippen molar-refractivity contribution < 1.29 is 19.2 Å². The highest BCUT2D eigenvalue weighted by atomic mass is 16.6. The Bertz CT molecular complexity index is 2190. The van der Waals surface area contributed by atoms with Crippen molar-refractivity contribution in [3.8, 4) is 0 Å². The summed E-state index contributed by atoms with van der Waals surface area (Å²) in [6.45, 7) is 39.1. The van der Waals surface area contributed by atoms with Crippen LogP contribution in [-0.2, 0) is 4.74 Å². The van der Waals surface area contributed by atoms with E-state index in [1.807, 2.05) is 16.7 Å². The van der Waals surface area contributed by atoms with Crippen LogP contribution >= 0.6 is 0 Å². The summed E-state index contributed by atoms with van der Waals surface area (Å²) >= 11 is 0. The summed E-state index contributed by atoms with van der Waals surface area (Å²) < 4.78 is 11.2. The fraction of sp³-hybridized carbons (Fsp3) is 0.812. The Morgan fingerprint density at radius 2 is 1.11 bits per heavy atom. The summed E-state index contributed by atoms with van der Waals surface area (Å²) in [4.78, 5) is 12.7.